The fourth-order valence-electron chi connectivity index (χ4n) is 1.51. The number of nitro benzene ring substituents is 1. The number of hydrogen-bond acceptors (Lipinski definition) is 5. The van der Waals surface area contributed by atoms with Crippen LogP contribution in [-0.2, 0) is 9.53 Å². The standard InChI is InChI=1S/C11H12BrFN2O5/c1-14(8(16)5-19-2)6-4-7(20-3)9(12)10(13)11(6)15(17)18/h4H,5H2,1-3H3. The van der Waals surface area contributed by atoms with Crippen molar-refractivity contribution in [2.45, 2.75) is 0 Å². The Morgan fingerprint density at radius 1 is 1.55 bits per heavy atom. The van der Waals surface area contributed by atoms with E-state index in [0.717, 1.165) is 4.90 Å². The first-order valence-electron chi connectivity index (χ1n) is 5.31. The number of halogens is 2. The first-order chi connectivity index (χ1) is 9.34. The summed E-state index contributed by atoms with van der Waals surface area (Å²) >= 11 is 2.88. The van der Waals surface area contributed by atoms with E-state index in [1.54, 1.807) is 0 Å². The monoisotopic (exact) mass is 350 g/mol. The molecule has 0 aromatic heterocycles. The zero-order valence-electron chi connectivity index (χ0n) is 11.0. The normalized spacial score (nSPS) is 10.2. The van der Waals surface area contributed by atoms with Gasteiger partial charge in [-0.2, -0.15) is 4.39 Å². The van der Waals surface area contributed by atoms with Crippen LogP contribution in [0.5, 0.6) is 5.75 Å². The third kappa shape index (κ3) is 3.05. The number of hydrogen-bond donors (Lipinski definition) is 0. The zero-order chi connectivity index (χ0) is 15.4. The van der Waals surface area contributed by atoms with Crippen molar-refractivity contribution in [1.82, 2.24) is 0 Å². The van der Waals surface area contributed by atoms with Crippen LogP contribution in [0.15, 0.2) is 10.5 Å². The molecule has 1 rings (SSSR count). The quantitative estimate of drug-likeness (QED) is 0.600. The van der Waals surface area contributed by atoms with E-state index in [-0.39, 0.29) is 22.5 Å². The van der Waals surface area contributed by atoms with Gasteiger partial charge in [0.05, 0.1) is 12.0 Å². The Hall–Kier alpha value is -1.74. The molecule has 0 N–H and O–H groups in total. The number of rotatable bonds is 5. The molecule has 0 saturated heterocycles. The summed E-state index contributed by atoms with van der Waals surface area (Å²) in [5.74, 6) is -1.62. The van der Waals surface area contributed by atoms with Gasteiger partial charge in [0.1, 0.15) is 22.5 Å². The first kappa shape index (κ1) is 16.3. The molecule has 0 spiro atoms. The Bertz CT molecular complexity index is 552. The van der Waals surface area contributed by atoms with E-state index in [9.17, 15) is 19.3 Å². The van der Waals surface area contributed by atoms with Gasteiger partial charge in [0.2, 0.25) is 5.82 Å². The van der Waals surface area contributed by atoms with Gasteiger partial charge in [-0.15, -0.1) is 0 Å². The highest BCUT2D eigenvalue weighted by molar-refractivity contribution is 9.10. The van der Waals surface area contributed by atoms with Gasteiger partial charge in [-0.1, -0.05) is 0 Å². The van der Waals surface area contributed by atoms with Gasteiger partial charge in [0.15, 0.2) is 0 Å². The second-order valence-electron chi connectivity index (χ2n) is 3.72. The molecular formula is C11H12BrFN2O5. The van der Waals surface area contributed by atoms with Crippen molar-refractivity contribution in [3.63, 3.8) is 0 Å². The van der Waals surface area contributed by atoms with E-state index in [1.807, 2.05) is 0 Å². The van der Waals surface area contributed by atoms with Crippen molar-refractivity contribution in [3.05, 3.63) is 26.5 Å². The fourth-order valence-corrected chi connectivity index (χ4v) is 1.98. The van der Waals surface area contributed by atoms with Crippen molar-refractivity contribution in [3.8, 4) is 5.75 Å². The second kappa shape index (κ2) is 6.62. The topological polar surface area (TPSA) is 81.9 Å². The molecule has 0 unspecified atom stereocenters. The minimum Gasteiger partial charge on any atom is -0.495 e. The van der Waals surface area contributed by atoms with Crippen LogP contribution in [0, 0.1) is 15.9 Å². The third-order valence-electron chi connectivity index (χ3n) is 2.53. The SMILES string of the molecule is COCC(=O)N(C)c1cc(OC)c(Br)c(F)c1[N+](=O)[O-]. The van der Waals surface area contributed by atoms with Crippen molar-refractivity contribution in [2.75, 3.05) is 32.8 Å². The zero-order valence-corrected chi connectivity index (χ0v) is 12.6. The molecule has 0 aliphatic carbocycles. The molecule has 0 radical (unpaired) electrons. The lowest BCUT2D eigenvalue weighted by atomic mass is 10.2. The molecule has 0 bridgehead atoms. The van der Waals surface area contributed by atoms with Crippen molar-refractivity contribution >= 4 is 33.2 Å². The lowest BCUT2D eigenvalue weighted by molar-refractivity contribution is -0.386. The van der Waals surface area contributed by atoms with E-state index in [0.29, 0.717) is 0 Å². The van der Waals surface area contributed by atoms with Gasteiger partial charge >= 0.3 is 5.69 Å². The number of anilines is 1. The summed E-state index contributed by atoms with van der Waals surface area (Å²) in [4.78, 5) is 22.8. The third-order valence-corrected chi connectivity index (χ3v) is 3.27. The molecule has 0 aliphatic rings. The van der Waals surface area contributed by atoms with Gasteiger partial charge in [-0.3, -0.25) is 14.9 Å². The largest absolute Gasteiger partial charge is 0.495 e. The van der Waals surface area contributed by atoms with Crippen LogP contribution in [0.3, 0.4) is 0 Å². The molecule has 110 valence electrons. The number of carbonyl (C=O) groups excluding carboxylic acids is 1. The maximum atomic E-state index is 14.0. The summed E-state index contributed by atoms with van der Waals surface area (Å²) in [6.07, 6.45) is 0. The highest BCUT2D eigenvalue weighted by atomic mass is 79.9. The molecule has 9 heteroatoms. The number of likely N-dealkylation sites (N-methyl/N-ethyl adjacent to an activating group) is 1. The summed E-state index contributed by atoms with van der Waals surface area (Å²) in [6.45, 7) is -0.284. The smallest absolute Gasteiger partial charge is 0.329 e. The van der Waals surface area contributed by atoms with Crippen LogP contribution in [0.2, 0.25) is 0 Å². The highest BCUT2D eigenvalue weighted by Gasteiger charge is 2.30. The number of methoxy groups -OCH3 is 2. The average Bonchev–Trinajstić information content (AvgIpc) is 2.40. The van der Waals surface area contributed by atoms with E-state index in [4.69, 9.17) is 4.74 Å². The Labute approximate surface area is 122 Å². The molecular weight excluding hydrogens is 339 g/mol. The van der Waals surface area contributed by atoms with Crippen LogP contribution in [0.1, 0.15) is 0 Å². The number of carbonyl (C=O) groups is 1. The first-order valence-corrected chi connectivity index (χ1v) is 6.10. The number of amides is 1. The average molecular weight is 351 g/mol. The molecule has 7 nitrogen and oxygen atoms in total. The molecule has 0 atom stereocenters. The molecule has 1 amide bonds. The number of nitro groups is 1. The van der Waals surface area contributed by atoms with E-state index in [1.165, 1.54) is 27.3 Å². The molecule has 0 saturated carbocycles. The minimum atomic E-state index is -1.11. The van der Waals surface area contributed by atoms with Gasteiger partial charge in [0.25, 0.3) is 5.91 Å². The van der Waals surface area contributed by atoms with Crippen LogP contribution in [0.25, 0.3) is 0 Å². The Morgan fingerprint density at radius 2 is 2.15 bits per heavy atom. The summed E-state index contributed by atoms with van der Waals surface area (Å²) < 4.78 is 23.4. The molecule has 20 heavy (non-hydrogen) atoms. The predicted octanol–water partition coefficient (Wildman–Crippen LogP) is 2.11. The van der Waals surface area contributed by atoms with Crippen molar-refractivity contribution in [2.24, 2.45) is 0 Å². The van der Waals surface area contributed by atoms with Crippen LogP contribution >= 0.6 is 15.9 Å². The van der Waals surface area contributed by atoms with Gasteiger partial charge < -0.3 is 14.4 Å². The molecule has 1 aromatic rings. The van der Waals surface area contributed by atoms with Gasteiger partial charge in [-0.25, -0.2) is 0 Å². The molecule has 0 fully saturated rings. The molecule has 1 aromatic carbocycles. The van der Waals surface area contributed by atoms with Gasteiger partial charge in [0, 0.05) is 20.2 Å². The summed E-state index contributed by atoms with van der Waals surface area (Å²) in [5, 5.41) is 11.0. The van der Waals surface area contributed by atoms with Gasteiger partial charge in [-0.05, 0) is 15.9 Å². The van der Waals surface area contributed by atoms with Crippen LogP contribution < -0.4 is 9.64 Å². The Balaban J connectivity index is 3.47. The van der Waals surface area contributed by atoms with E-state index >= 15 is 0 Å². The predicted molar refractivity (Wildman–Crippen MR) is 72.6 cm³/mol. The fraction of sp³-hybridized carbons (Fsp3) is 0.364. The lowest BCUT2D eigenvalue weighted by Gasteiger charge is -2.18. The number of ether oxygens (including phenoxy) is 2. The highest BCUT2D eigenvalue weighted by Crippen LogP contribution is 2.41. The Kier molecular flexibility index (Phi) is 5.40. The van der Waals surface area contributed by atoms with Crippen LogP contribution in [-0.4, -0.2) is 38.7 Å². The summed E-state index contributed by atoms with van der Waals surface area (Å²) in [6, 6.07) is 1.21. The van der Waals surface area contributed by atoms with Crippen molar-refractivity contribution < 1.29 is 23.6 Å². The molecule has 0 heterocycles. The van der Waals surface area contributed by atoms with E-state index in [2.05, 4.69) is 20.7 Å². The number of nitrogens with zero attached hydrogens (tertiary/aromatic N) is 2. The lowest BCUT2D eigenvalue weighted by Crippen LogP contribution is -2.30. The summed E-state index contributed by atoms with van der Waals surface area (Å²) in [5.41, 5.74) is -1.03. The van der Waals surface area contributed by atoms with E-state index < -0.39 is 22.3 Å². The minimum absolute atomic E-state index is 0.0418. The maximum absolute atomic E-state index is 14.0. The second-order valence-corrected chi connectivity index (χ2v) is 4.51. The maximum Gasteiger partial charge on any atom is 0.329 e. The summed E-state index contributed by atoms with van der Waals surface area (Å²) in [7, 11) is 3.88. The molecule has 0 aliphatic heterocycles. The van der Waals surface area contributed by atoms with Crippen molar-refractivity contribution in [1.29, 1.82) is 0 Å². The number of benzene rings is 1. The van der Waals surface area contributed by atoms with Crippen LogP contribution in [0.4, 0.5) is 15.8 Å². The Morgan fingerprint density at radius 3 is 2.60 bits per heavy atom.